The predicted octanol–water partition coefficient (Wildman–Crippen LogP) is 3.51. The third kappa shape index (κ3) is 13.1. The first kappa shape index (κ1) is 21.4. The lowest BCUT2D eigenvalue weighted by molar-refractivity contribution is -0.124. The molecule has 4 nitrogen and oxygen atoms in total. The van der Waals surface area contributed by atoms with Crippen LogP contribution in [0.1, 0.15) is 90.9 Å². The summed E-state index contributed by atoms with van der Waals surface area (Å²) in [6, 6.07) is -0.808. The Labute approximate surface area is 137 Å². The zero-order valence-corrected chi connectivity index (χ0v) is 14.8. The van der Waals surface area contributed by atoms with Gasteiger partial charge in [-0.25, -0.2) is 0 Å². The third-order valence-electron chi connectivity index (χ3n) is 4.15. The first-order chi connectivity index (χ1) is 10.6. The molecule has 4 N–H and O–H groups in total. The van der Waals surface area contributed by atoms with Crippen LogP contribution in [0.2, 0.25) is 0 Å². The lowest BCUT2D eigenvalue weighted by Gasteiger charge is -2.14. The van der Waals surface area contributed by atoms with Gasteiger partial charge in [0, 0.05) is 6.54 Å². The van der Waals surface area contributed by atoms with E-state index in [2.05, 4.69) is 12.2 Å². The number of nitrogens with two attached hydrogens (primary N) is 1. The van der Waals surface area contributed by atoms with E-state index in [9.17, 15) is 9.90 Å². The van der Waals surface area contributed by atoms with Gasteiger partial charge in [-0.2, -0.15) is 0 Å². The quantitative estimate of drug-likeness (QED) is 0.405. The fraction of sp³-hybridized carbons (Fsp3) is 0.944. The van der Waals surface area contributed by atoms with Crippen molar-refractivity contribution >= 4 is 5.91 Å². The number of amides is 1. The van der Waals surface area contributed by atoms with Crippen LogP contribution in [-0.4, -0.2) is 29.7 Å². The summed E-state index contributed by atoms with van der Waals surface area (Å²) in [6.45, 7) is 4.46. The number of hydrogen-bond donors (Lipinski definition) is 3. The standard InChI is InChI=1S/C18H38N2O2/c1-3-4-5-6-7-8-9-10-11-12-13-14-15-20-18(22)17(19)16(2)21/h16-17,21H,3-15,19H2,1-2H3,(H,20,22)/t16-,17?/m1/s1. The molecule has 0 aliphatic heterocycles. The zero-order valence-electron chi connectivity index (χ0n) is 14.8. The number of aliphatic hydroxyl groups is 1. The molecular weight excluding hydrogens is 276 g/mol. The van der Waals surface area contributed by atoms with Crippen LogP contribution in [0.3, 0.4) is 0 Å². The highest BCUT2D eigenvalue weighted by Gasteiger charge is 2.17. The molecule has 0 aromatic carbocycles. The lowest BCUT2D eigenvalue weighted by atomic mass is 10.1. The molecule has 0 radical (unpaired) electrons. The van der Waals surface area contributed by atoms with Crippen LogP contribution in [-0.2, 0) is 4.79 Å². The molecule has 0 aliphatic carbocycles. The number of unbranched alkanes of at least 4 members (excludes halogenated alkanes) is 11. The van der Waals surface area contributed by atoms with Gasteiger partial charge in [0.2, 0.25) is 5.91 Å². The van der Waals surface area contributed by atoms with Gasteiger partial charge < -0.3 is 16.2 Å². The molecule has 0 saturated carbocycles. The van der Waals surface area contributed by atoms with Crippen LogP contribution in [0.5, 0.6) is 0 Å². The maximum absolute atomic E-state index is 11.5. The van der Waals surface area contributed by atoms with E-state index in [1.165, 1.54) is 71.1 Å². The van der Waals surface area contributed by atoms with Gasteiger partial charge in [-0.3, -0.25) is 4.79 Å². The molecule has 0 aromatic heterocycles. The monoisotopic (exact) mass is 314 g/mol. The van der Waals surface area contributed by atoms with E-state index in [0.29, 0.717) is 6.54 Å². The molecule has 22 heavy (non-hydrogen) atoms. The van der Waals surface area contributed by atoms with E-state index in [4.69, 9.17) is 5.73 Å². The topological polar surface area (TPSA) is 75.4 Å². The summed E-state index contributed by atoms with van der Waals surface area (Å²) >= 11 is 0. The highest BCUT2D eigenvalue weighted by molar-refractivity contribution is 5.81. The van der Waals surface area contributed by atoms with E-state index in [0.717, 1.165) is 12.8 Å². The first-order valence-corrected chi connectivity index (χ1v) is 9.31. The highest BCUT2D eigenvalue weighted by Crippen LogP contribution is 2.11. The van der Waals surface area contributed by atoms with Gasteiger partial charge in [-0.1, -0.05) is 77.6 Å². The van der Waals surface area contributed by atoms with Crippen LogP contribution >= 0.6 is 0 Å². The molecule has 2 atom stereocenters. The predicted molar refractivity (Wildman–Crippen MR) is 93.7 cm³/mol. The maximum Gasteiger partial charge on any atom is 0.239 e. The second kappa shape index (κ2) is 15.3. The average molecular weight is 315 g/mol. The Kier molecular flexibility index (Phi) is 14.9. The molecule has 0 aromatic rings. The molecule has 0 aliphatic rings. The van der Waals surface area contributed by atoms with Crippen molar-refractivity contribution in [2.75, 3.05) is 6.54 Å². The van der Waals surface area contributed by atoms with Crippen molar-refractivity contribution in [1.29, 1.82) is 0 Å². The summed E-state index contributed by atoms with van der Waals surface area (Å²) < 4.78 is 0. The van der Waals surface area contributed by atoms with Gasteiger partial charge in [-0.05, 0) is 13.3 Å². The molecule has 0 heterocycles. The van der Waals surface area contributed by atoms with Gasteiger partial charge in [0.25, 0.3) is 0 Å². The van der Waals surface area contributed by atoms with Gasteiger partial charge in [0.15, 0.2) is 0 Å². The van der Waals surface area contributed by atoms with Gasteiger partial charge >= 0.3 is 0 Å². The van der Waals surface area contributed by atoms with E-state index in [1.807, 2.05) is 0 Å². The highest BCUT2D eigenvalue weighted by atomic mass is 16.3. The fourth-order valence-electron chi connectivity index (χ4n) is 2.51. The minimum absolute atomic E-state index is 0.252. The van der Waals surface area contributed by atoms with E-state index >= 15 is 0 Å². The number of hydrogen-bond acceptors (Lipinski definition) is 3. The summed E-state index contributed by atoms with van der Waals surface area (Å²) in [4.78, 5) is 11.5. The summed E-state index contributed by atoms with van der Waals surface area (Å²) in [5.41, 5.74) is 5.55. The lowest BCUT2D eigenvalue weighted by Crippen LogP contribution is -2.47. The SMILES string of the molecule is CCCCCCCCCCCCCCNC(=O)C(N)[C@@H](C)O. The molecular formula is C18H38N2O2. The van der Waals surface area contributed by atoms with Crippen molar-refractivity contribution < 1.29 is 9.90 Å². The van der Waals surface area contributed by atoms with Crippen molar-refractivity contribution in [3.63, 3.8) is 0 Å². The number of carbonyl (C=O) groups excluding carboxylic acids is 1. The van der Waals surface area contributed by atoms with E-state index in [1.54, 1.807) is 0 Å². The summed E-state index contributed by atoms with van der Waals surface area (Å²) in [5.74, 6) is -0.252. The van der Waals surface area contributed by atoms with Crippen LogP contribution in [0.4, 0.5) is 0 Å². The Bertz CT molecular complexity index is 257. The number of rotatable bonds is 15. The summed E-state index contributed by atoms with van der Waals surface area (Å²) in [5, 5.41) is 12.0. The van der Waals surface area contributed by atoms with Crippen molar-refractivity contribution in [2.24, 2.45) is 5.73 Å². The van der Waals surface area contributed by atoms with Crippen molar-refractivity contribution in [1.82, 2.24) is 5.32 Å². The van der Waals surface area contributed by atoms with E-state index in [-0.39, 0.29) is 5.91 Å². The van der Waals surface area contributed by atoms with Crippen LogP contribution in [0.25, 0.3) is 0 Å². The van der Waals surface area contributed by atoms with Crippen LogP contribution < -0.4 is 11.1 Å². The molecule has 0 fully saturated rings. The number of carbonyl (C=O) groups is 1. The first-order valence-electron chi connectivity index (χ1n) is 9.31. The Morgan fingerprint density at radius 2 is 1.32 bits per heavy atom. The van der Waals surface area contributed by atoms with Crippen molar-refractivity contribution in [2.45, 2.75) is 103 Å². The fourth-order valence-corrected chi connectivity index (χ4v) is 2.51. The minimum Gasteiger partial charge on any atom is -0.391 e. The normalized spacial score (nSPS) is 13.8. The largest absolute Gasteiger partial charge is 0.391 e. The molecule has 1 unspecified atom stereocenters. The molecule has 132 valence electrons. The molecule has 0 rings (SSSR count). The molecule has 0 bridgehead atoms. The summed E-state index contributed by atoms with van der Waals surface area (Å²) in [6.07, 6.45) is 14.9. The van der Waals surface area contributed by atoms with Gasteiger partial charge in [-0.15, -0.1) is 0 Å². The van der Waals surface area contributed by atoms with Crippen molar-refractivity contribution in [3.05, 3.63) is 0 Å². The maximum atomic E-state index is 11.5. The minimum atomic E-state index is -0.808. The second-order valence-corrected chi connectivity index (χ2v) is 6.45. The van der Waals surface area contributed by atoms with Crippen LogP contribution in [0, 0.1) is 0 Å². The molecule has 4 heteroatoms. The zero-order chi connectivity index (χ0) is 16.6. The van der Waals surface area contributed by atoms with E-state index < -0.39 is 12.1 Å². The Morgan fingerprint density at radius 1 is 0.909 bits per heavy atom. The van der Waals surface area contributed by atoms with Gasteiger partial charge in [0.05, 0.1) is 6.10 Å². The Balaban J connectivity index is 3.19. The second-order valence-electron chi connectivity index (χ2n) is 6.45. The molecule has 0 spiro atoms. The number of aliphatic hydroxyl groups excluding tert-OH is 1. The Hall–Kier alpha value is -0.610. The smallest absolute Gasteiger partial charge is 0.239 e. The van der Waals surface area contributed by atoms with Crippen LogP contribution in [0.15, 0.2) is 0 Å². The molecule has 1 amide bonds. The average Bonchev–Trinajstić information content (AvgIpc) is 2.50. The van der Waals surface area contributed by atoms with Gasteiger partial charge in [0.1, 0.15) is 6.04 Å². The Morgan fingerprint density at radius 3 is 1.73 bits per heavy atom. The third-order valence-corrected chi connectivity index (χ3v) is 4.15. The summed E-state index contributed by atoms with van der Waals surface area (Å²) in [7, 11) is 0. The number of nitrogens with one attached hydrogen (secondary N) is 1. The molecule has 0 saturated heterocycles. The van der Waals surface area contributed by atoms with Crippen molar-refractivity contribution in [3.8, 4) is 0 Å².